The van der Waals surface area contributed by atoms with Crippen molar-refractivity contribution in [3.8, 4) is 28.7 Å². The van der Waals surface area contributed by atoms with Crippen LogP contribution >= 0.6 is 11.6 Å². The standard InChI is InChI=1S/C23H21ClN4O3/c1-15(17-5-3-6-19(13-17)30-2)25-21(29)14-28-12-4-7-20(28)23-26-22(27-31-23)16-8-10-18(24)11-9-16/h3-13,15H,14H2,1-2H3,(H,25,29). The van der Waals surface area contributed by atoms with Crippen LogP contribution in [0.4, 0.5) is 0 Å². The van der Waals surface area contributed by atoms with Crippen LogP contribution in [0.5, 0.6) is 5.75 Å². The highest BCUT2D eigenvalue weighted by atomic mass is 35.5. The molecule has 2 aromatic carbocycles. The number of nitrogens with zero attached hydrogens (tertiary/aromatic N) is 3. The van der Waals surface area contributed by atoms with Crippen LogP contribution in [-0.2, 0) is 11.3 Å². The average molecular weight is 437 g/mol. The number of rotatable bonds is 7. The molecule has 1 atom stereocenters. The van der Waals surface area contributed by atoms with Crippen molar-refractivity contribution in [3.05, 3.63) is 77.4 Å². The van der Waals surface area contributed by atoms with Crippen LogP contribution in [0.3, 0.4) is 0 Å². The van der Waals surface area contributed by atoms with Gasteiger partial charge in [-0.3, -0.25) is 4.79 Å². The summed E-state index contributed by atoms with van der Waals surface area (Å²) in [6.07, 6.45) is 1.80. The maximum atomic E-state index is 12.6. The number of amides is 1. The summed E-state index contributed by atoms with van der Waals surface area (Å²) >= 11 is 5.93. The van der Waals surface area contributed by atoms with Crippen LogP contribution in [0.25, 0.3) is 23.0 Å². The number of carbonyl (C=O) groups excluding carboxylic acids is 1. The average Bonchev–Trinajstić information content (AvgIpc) is 3.43. The molecule has 1 unspecified atom stereocenters. The summed E-state index contributed by atoms with van der Waals surface area (Å²) in [5, 5.41) is 7.68. The fraction of sp³-hybridized carbons (Fsp3) is 0.174. The van der Waals surface area contributed by atoms with Crippen LogP contribution in [-0.4, -0.2) is 27.7 Å². The van der Waals surface area contributed by atoms with E-state index in [1.54, 1.807) is 30.0 Å². The highest BCUT2D eigenvalue weighted by Gasteiger charge is 2.17. The summed E-state index contributed by atoms with van der Waals surface area (Å²) in [5.74, 6) is 1.41. The zero-order valence-corrected chi connectivity index (χ0v) is 17.8. The molecule has 0 aliphatic carbocycles. The van der Waals surface area contributed by atoms with Gasteiger partial charge >= 0.3 is 0 Å². The number of aromatic nitrogens is 3. The first-order valence-electron chi connectivity index (χ1n) is 9.72. The Morgan fingerprint density at radius 2 is 2.00 bits per heavy atom. The van der Waals surface area contributed by atoms with Crippen molar-refractivity contribution in [2.45, 2.75) is 19.5 Å². The molecule has 2 aromatic heterocycles. The fourth-order valence-corrected chi connectivity index (χ4v) is 3.35. The smallest absolute Gasteiger partial charge is 0.274 e. The third-order valence-electron chi connectivity index (χ3n) is 4.86. The minimum absolute atomic E-state index is 0.120. The second-order valence-electron chi connectivity index (χ2n) is 7.02. The van der Waals surface area contributed by atoms with Gasteiger partial charge in [-0.15, -0.1) is 0 Å². The third-order valence-corrected chi connectivity index (χ3v) is 5.11. The molecule has 0 bridgehead atoms. The highest BCUT2D eigenvalue weighted by Crippen LogP contribution is 2.24. The van der Waals surface area contributed by atoms with Crippen LogP contribution in [0.2, 0.25) is 5.02 Å². The molecule has 4 aromatic rings. The molecule has 31 heavy (non-hydrogen) atoms. The van der Waals surface area contributed by atoms with E-state index in [9.17, 15) is 4.79 Å². The first kappa shape index (κ1) is 20.7. The molecule has 0 saturated carbocycles. The van der Waals surface area contributed by atoms with Crippen molar-refractivity contribution in [3.63, 3.8) is 0 Å². The number of hydrogen-bond acceptors (Lipinski definition) is 5. The first-order valence-corrected chi connectivity index (χ1v) is 10.1. The number of ether oxygens (including phenoxy) is 1. The Morgan fingerprint density at radius 3 is 2.77 bits per heavy atom. The molecule has 4 rings (SSSR count). The van der Waals surface area contributed by atoms with Gasteiger partial charge in [0.15, 0.2) is 0 Å². The van der Waals surface area contributed by atoms with E-state index in [1.165, 1.54) is 0 Å². The number of nitrogens with one attached hydrogen (secondary N) is 1. The van der Waals surface area contributed by atoms with Crippen molar-refractivity contribution in [1.29, 1.82) is 0 Å². The lowest BCUT2D eigenvalue weighted by Gasteiger charge is -2.16. The summed E-state index contributed by atoms with van der Waals surface area (Å²) in [6, 6.07) is 18.3. The van der Waals surface area contributed by atoms with Gasteiger partial charge < -0.3 is 19.1 Å². The normalized spacial score (nSPS) is 11.8. The summed E-state index contributed by atoms with van der Waals surface area (Å²) in [7, 11) is 1.62. The highest BCUT2D eigenvalue weighted by molar-refractivity contribution is 6.30. The molecule has 0 radical (unpaired) electrons. The predicted molar refractivity (Wildman–Crippen MR) is 118 cm³/mol. The summed E-state index contributed by atoms with van der Waals surface area (Å²) in [6.45, 7) is 2.05. The molecule has 0 fully saturated rings. The number of carbonyl (C=O) groups is 1. The fourth-order valence-electron chi connectivity index (χ4n) is 3.23. The van der Waals surface area contributed by atoms with E-state index in [0.29, 0.717) is 22.4 Å². The van der Waals surface area contributed by atoms with Gasteiger partial charge in [0.25, 0.3) is 5.89 Å². The second-order valence-corrected chi connectivity index (χ2v) is 7.45. The molecule has 0 spiro atoms. The SMILES string of the molecule is COc1cccc(C(C)NC(=O)Cn2cccc2-c2nc(-c3ccc(Cl)cc3)no2)c1. The Kier molecular flexibility index (Phi) is 6.04. The van der Waals surface area contributed by atoms with Crippen molar-refractivity contribution in [2.75, 3.05) is 7.11 Å². The van der Waals surface area contributed by atoms with Gasteiger partial charge in [-0.25, -0.2) is 0 Å². The topological polar surface area (TPSA) is 82.2 Å². The molecule has 0 aliphatic rings. The monoisotopic (exact) mass is 436 g/mol. The Bertz CT molecular complexity index is 1180. The lowest BCUT2D eigenvalue weighted by Crippen LogP contribution is -2.30. The molecule has 8 heteroatoms. The van der Waals surface area contributed by atoms with E-state index >= 15 is 0 Å². The van der Waals surface area contributed by atoms with Crippen molar-refractivity contribution in [1.82, 2.24) is 20.0 Å². The minimum Gasteiger partial charge on any atom is -0.497 e. The molecule has 0 aliphatic heterocycles. The lowest BCUT2D eigenvalue weighted by molar-refractivity contribution is -0.122. The van der Waals surface area contributed by atoms with E-state index in [-0.39, 0.29) is 18.5 Å². The molecule has 158 valence electrons. The van der Waals surface area contributed by atoms with Crippen LogP contribution in [0.1, 0.15) is 18.5 Å². The van der Waals surface area contributed by atoms with E-state index < -0.39 is 0 Å². The molecule has 1 N–H and O–H groups in total. The van der Waals surface area contributed by atoms with Crippen LogP contribution in [0.15, 0.2) is 71.4 Å². The van der Waals surface area contributed by atoms with Gasteiger partial charge in [0.05, 0.1) is 13.2 Å². The maximum Gasteiger partial charge on any atom is 0.274 e. The third kappa shape index (κ3) is 4.78. The molecule has 2 heterocycles. The van der Waals surface area contributed by atoms with Gasteiger partial charge in [-0.1, -0.05) is 28.9 Å². The van der Waals surface area contributed by atoms with Gasteiger partial charge in [-0.2, -0.15) is 4.98 Å². The molecular weight excluding hydrogens is 416 g/mol. The molecular formula is C23H21ClN4O3. The Hall–Kier alpha value is -3.58. The van der Waals surface area contributed by atoms with Crippen molar-refractivity contribution < 1.29 is 14.1 Å². The van der Waals surface area contributed by atoms with Crippen molar-refractivity contribution in [2.24, 2.45) is 0 Å². The van der Waals surface area contributed by atoms with Gasteiger partial charge in [0, 0.05) is 16.8 Å². The van der Waals surface area contributed by atoms with Gasteiger partial charge in [0.1, 0.15) is 18.0 Å². The van der Waals surface area contributed by atoms with E-state index in [4.69, 9.17) is 20.9 Å². The summed E-state index contributed by atoms with van der Waals surface area (Å²) in [5.41, 5.74) is 2.42. The number of hydrogen-bond donors (Lipinski definition) is 1. The lowest BCUT2D eigenvalue weighted by atomic mass is 10.1. The molecule has 0 saturated heterocycles. The zero-order valence-electron chi connectivity index (χ0n) is 17.1. The number of methoxy groups -OCH3 is 1. The number of benzene rings is 2. The first-order chi connectivity index (χ1) is 15.0. The molecule has 1 amide bonds. The summed E-state index contributed by atoms with van der Waals surface area (Å²) < 4.78 is 12.5. The van der Waals surface area contributed by atoms with Gasteiger partial charge in [0.2, 0.25) is 11.7 Å². The Labute approximate surface area is 184 Å². The predicted octanol–water partition coefficient (Wildman–Crippen LogP) is 4.74. The largest absolute Gasteiger partial charge is 0.497 e. The van der Waals surface area contributed by atoms with E-state index in [1.807, 2.05) is 55.5 Å². The van der Waals surface area contributed by atoms with E-state index in [2.05, 4.69) is 15.5 Å². The second kappa shape index (κ2) is 9.06. The number of halogens is 1. The Balaban J connectivity index is 1.46. The van der Waals surface area contributed by atoms with Crippen LogP contribution < -0.4 is 10.1 Å². The quantitative estimate of drug-likeness (QED) is 0.452. The van der Waals surface area contributed by atoms with Gasteiger partial charge in [-0.05, 0) is 61.0 Å². The Morgan fingerprint density at radius 1 is 1.19 bits per heavy atom. The van der Waals surface area contributed by atoms with E-state index in [0.717, 1.165) is 16.9 Å². The maximum absolute atomic E-state index is 12.6. The zero-order chi connectivity index (χ0) is 21.8. The van der Waals surface area contributed by atoms with Crippen molar-refractivity contribution >= 4 is 17.5 Å². The molecule has 7 nitrogen and oxygen atoms in total. The van der Waals surface area contributed by atoms with Crippen LogP contribution in [0, 0.1) is 0 Å². The minimum atomic E-state index is -0.165. The summed E-state index contributed by atoms with van der Waals surface area (Å²) in [4.78, 5) is 17.1.